The molecule has 0 saturated heterocycles. The predicted octanol–water partition coefficient (Wildman–Crippen LogP) is 1.97. The summed E-state index contributed by atoms with van der Waals surface area (Å²) < 4.78 is 4.90. The first-order valence-electron chi connectivity index (χ1n) is 4.76. The summed E-state index contributed by atoms with van der Waals surface area (Å²) in [4.78, 5) is 11.4. The molecule has 0 aliphatic heterocycles. The fraction of sp³-hybridized carbons (Fsp3) is 0.364. The molecule has 4 heteroatoms. The molecule has 0 fully saturated rings. The zero-order valence-corrected chi connectivity index (χ0v) is 8.78. The first-order chi connectivity index (χ1) is 7.06. The number of benzene rings is 1. The van der Waals surface area contributed by atoms with Crippen LogP contribution in [0, 0.1) is 6.92 Å². The van der Waals surface area contributed by atoms with Crippen molar-refractivity contribution in [3.05, 3.63) is 23.3 Å². The number of rotatable bonds is 3. The van der Waals surface area contributed by atoms with Gasteiger partial charge in [0.15, 0.2) is 11.5 Å². The first-order valence-corrected chi connectivity index (χ1v) is 4.76. The Bertz CT molecular complexity index is 348. The van der Waals surface area contributed by atoms with Crippen molar-refractivity contribution in [2.24, 2.45) is 0 Å². The molecule has 0 bridgehead atoms. The largest absolute Gasteiger partial charge is 0.504 e. The maximum Gasteiger partial charge on any atom is 0.338 e. The van der Waals surface area contributed by atoms with Crippen molar-refractivity contribution in [3.8, 4) is 11.5 Å². The molecule has 0 radical (unpaired) electrons. The summed E-state index contributed by atoms with van der Waals surface area (Å²) in [7, 11) is 0. The lowest BCUT2D eigenvalue weighted by molar-refractivity contribution is 0.0504. The quantitative estimate of drug-likeness (QED) is 0.591. The molecule has 0 saturated carbocycles. The van der Waals surface area contributed by atoms with E-state index in [9.17, 15) is 15.0 Å². The number of phenols is 2. The number of hydrogen-bond donors (Lipinski definition) is 2. The fourth-order valence-corrected chi connectivity index (χ4v) is 1.16. The number of aryl methyl sites for hydroxylation is 1. The van der Waals surface area contributed by atoms with Crippen LogP contribution in [0.1, 0.15) is 29.3 Å². The number of esters is 1. The lowest BCUT2D eigenvalue weighted by Gasteiger charge is -2.06. The number of aromatic hydroxyl groups is 2. The minimum absolute atomic E-state index is 0.206. The van der Waals surface area contributed by atoms with Gasteiger partial charge in [0, 0.05) is 0 Å². The Morgan fingerprint density at radius 3 is 2.60 bits per heavy atom. The van der Waals surface area contributed by atoms with Crippen LogP contribution in [0.4, 0.5) is 0 Å². The molecule has 15 heavy (non-hydrogen) atoms. The van der Waals surface area contributed by atoms with Crippen LogP contribution >= 0.6 is 0 Å². The van der Waals surface area contributed by atoms with E-state index in [2.05, 4.69) is 0 Å². The summed E-state index contributed by atoms with van der Waals surface area (Å²) in [6.45, 7) is 3.85. The third-order valence-corrected chi connectivity index (χ3v) is 1.95. The summed E-state index contributed by atoms with van der Waals surface area (Å²) in [6, 6.07) is 2.67. The van der Waals surface area contributed by atoms with Gasteiger partial charge >= 0.3 is 5.97 Å². The molecule has 0 atom stereocenters. The van der Waals surface area contributed by atoms with Gasteiger partial charge in [-0.25, -0.2) is 4.79 Å². The fourth-order valence-electron chi connectivity index (χ4n) is 1.16. The molecule has 2 N–H and O–H groups in total. The molecule has 0 aliphatic carbocycles. The topological polar surface area (TPSA) is 66.8 Å². The molecule has 0 aliphatic rings. The highest BCUT2D eigenvalue weighted by atomic mass is 16.5. The van der Waals surface area contributed by atoms with Crippen LogP contribution in [0.2, 0.25) is 0 Å². The molecule has 4 nitrogen and oxygen atoms in total. The van der Waals surface area contributed by atoms with Crippen LogP contribution in [0.3, 0.4) is 0 Å². The summed E-state index contributed by atoms with van der Waals surface area (Å²) in [6.07, 6.45) is 0.745. The van der Waals surface area contributed by atoms with Gasteiger partial charge < -0.3 is 14.9 Å². The lowest BCUT2D eigenvalue weighted by atomic mass is 10.1. The highest BCUT2D eigenvalue weighted by Gasteiger charge is 2.12. The molecule has 82 valence electrons. The van der Waals surface area contributed by atoms with E-state index in [0.29, 0.717) is 12.2 Å². The molecular formula is C11H14O4. The van der Waals surface area contributed by atoms with Crippen molar-refractivity contribution >= 4 is 5.97 Å². The smallest absolute Gasteiger partial charge is 0.338 e. The Hall–Kier alpha value is -1.71. The van der Waals surface area contributed by atoms with Gasteiger partial charge in [0.1, 0.15) is 0 Å². The SMILES string of the molecule is CCCOC(=O)c1cc(C)c(O)c(O)c1. The Morgan fingerprint density at radius 2 is 2.07 bits per heavy atom. The van der Waals surface area contributed by atoms with E-state index in [-0.39, 0.29) is 17.1 Å². The van der Waals surface area contributed by atoms with Gasteiger partial charge in [-0.3, -0.25) is 0 Å². The Labute approximate surface area is 88.1 Å². The molecule has 0 heterocycles. The molecule has 0 spiro atoms. The summed E-state index contributed by atoms with van der Waals surface area (Å²) >= 11 is 0. The van der Waals surface area contributed by atoms with Gasteiger partial charge in [0.2, 0.25) is 0 Å². The zero-order valence-electron chi connectivity index (χ0n) is 8.78. The van der Waals surface area contributed by atoms with E-state index < -0.39 is 5.97 Å². The molecule has 1 rings (SSSR count). The Morgan fingerprint density at radius 1 is 1.40 bits per heavy atom. The van der Waals surface area contributed by atoms with Crippen molar-refractivity contribution in [1.82, 2.24) is 0 Å². The third kappa shape index (κ3) is 2.62. The van der Waals surface area contributed by atoms with Crippen molar-refractivity contribution in [2.75, 3.05) is 6.61 Å². The maximum atomic E-state index is 11.4. The van der Waals surface area contributed by atoms with Gasteiger partial charge in [-0.05, 0) is 31.0 Å². The number of ether oxygens (including phenoxy) is 1. The molecule has 0 amide bonds. The molecule has 0 aromatic heterocycles. The number of carbonyl (C=O) groups excluding carboxylic acids is 1. The van der Waals surface area contributed by atoms with Crippen molar-refractivity contribution in [1.29, 1.82) is 0 Å². The Kier molecular flexibility index (Phi) is 3.55. The monoisotopic (exact) mass is 210 g/mol. The average molecular weight is 210 g/mol. The number of carbonyl (C=O) groups is 1. The predicted molar refractivity (Wildman–Crippen MR) is 55.1 cm³/mol. The van der Waals surface area contributed by atoms with Gasteiger partial charge in [-0.2, -0.15) is 0 Å². The van der Waals surface area contributed by atoms with E-state index in [0.717, 1.165) is 6.42 Å². The van der Waals surface area contributed by atoms with E-state index in [4.69, 9.17) is 4.74 Å². The summed E-state index contributed by atoms with van der Waals surface area (Å²) in [5.41, 5.74) is 0.690. The second-order valence-electron chi connectivity index (χ2n) is 3.30. The van der Waals surface area contributed by atoms with Crippen molar-refractivity contribution < 1.29 is 19.7 Å². The van der Waals surface area contributed by atoms with Crippen LogP contribution in [-0.2, 0) is 4.74 Å². The third-order valence-electron chi connectivity index (χ3n) is 1.95. The highest BCUT2D eigenvalue weighted by molar-refractivity contribution is 5.90. The van der Waals surface area contributed by atoms with Gasteiger partial charge in [-0.1, -0.05) is 6.92 Å². The van der Waals surface area contributed by atoms with Crippen LogP contribution < -0.4 is 0 Å². The zero-order chi connectivity index (χ0) is 11.4. The minimum Gasteiger partial charge on any atom is -0.504 e. The summed E-state index contributed by atoms with van der Waals surface area (Å²) in [5.74, 6) is -1.00. The second kappa shape index (κ2) is 4.68. The van der Waals surface area contributed by atoms with Crippen molar-refractivity contribution in [2.45, 2.75) is 20.3 Å². The van der Waals surface area contributed by atoms with Crippen LogP contribution in [-0.4, -0.2) is 22.8 Å². The second-order valence-corrected chi connectivity index (χ2v) is 3.30. The standard InChI is InChI=1S/C11H14O4/c1-3-4-15-11(14)8-5-7(2)10(13)9(12)6-8/h5-6,12-13H,3-4H2,1-2H3. The van der Waals surface area contributed by atoms with Gasteiger partial charge in [-0.15, -0.1) is 0 Å². The van der Waals surface area contributed by atoms with E-state index in [1.54, 1.807) is 6.92 Å². The molecule has 1 aromatic carbocycles. The van der Waals surface area contributed by atoms with E-state index in [1.807, 2.05) is 6.92 Å². The van der Waals surface area contributed by atoms with Crippen molar-refractivity contribution in [3.63, 3.8) is 0 Å². The van der Waals surface area contributed by atoms with Crippen LogP contribution in [0.25, 0.3) is 0 Å². The number of hydrogen-bond acceptors (Lipinski definition) is 4. The van der Waals surface area contributed by atoms with Gasteiger partial charge in [0.25, 0.3) is 0 Å². The average Bonchev–Trinajstić information content (AvgIpc) is 2.21. The number of phenolic OH excluding ortho intramolecular Hbond substituents is 2. The Balaban J connectivity index is 2.91. The minimum atomic E-state index is -0.491. The molecule has 1 aromatic rings. The maximum absolute atomic E-state index is 11.4. The van der Waals surface area contributed by atoms with Gasteiger partial charge in [0.05, 0.1) is 12.2 Å². The molecule has 0 unspecified atom stereocenters. The van der Waals surface area contributed by atoms with E-state index in [1.165, 1.54) is 12.1 Å². The lowest BCUT2D eigenvalue weighted by Crippen LogP contribution is -2.06. The van der Waals surface area contributed by atoms with Crippen LogP contribution in [0.15, 0.2) is 12.1 Å². The summed E-state index contributed by atoms with van der Waals surface area (Å²) in [5, 5.41) is 18.6. The normalized spacial score (nSPS) is 10.0. The first kappa shape index (κ1) is 11.4. The highest BCUT2D eigenvalue weighted by Crippen LogP contribution is 2.29. The van der Waals surface area contributed by atoms with Crippen LogP contribution in [0.5, 0.6) is 11.5 Å². The van der Waals surface area contributed by atoms with E-state index >= 15 is 0 Å². The molecular weight excluding hydrogens is 196 g/mol.